The quantitative estimate of drug-likeness (QED) is 0.283. The molecule has 1 saturated heterocycles. The first-order valence-corrected chi connectivity index (χ1v) is 12.5. The number of urea groups is 1. The van der Waals surface area contributed by atoms with Gasteiger partial charge in [0.1, 0.15) is 5.52 Å². The van der Waals surface area contributed by atoms with Crippen LogP contribution in [0.25, 0.3) is 11.1 Å². The number of rotatable bonds is 4. The fourth-order valence-electron chi connectivity index (χ4n) is 4.35. The number of benzene rings is 3. The minimum Gasteiger partial charge on any atom is -0.441 e. The predicted octanol–water partition coefficient (Wildman–Crippen LogP) is 5.98. The van der Waals surface area contributed by atoms with Crippen molar-refractivity contribution in [1.82, 2.24) is 20.0 Å². The van der Waals surface area contributed by atoms with Gasteiger partial charge in [0.15, 0.2) is 11.5 Å². The largest absolute Gasteiger partial charge is 0.441 e. The molecule has 1 fully saturated rings. The minimum absolute atomic E-state index is 0.124. The van der Waals surface area contributed by atoms with Gasteiger partial charge in [-0.3, -0.25) is 4.84 Å². The van der Waals surface area contributed by atoms with Gasteiger partial charge in [-0.1, -0.05) is 48.2 Å². The van der Waals surface area contributed by atoms with E-state index in [2.05, 4.69) is 37.4 Å². The zero-order valence-corrected chi connectivity index (χ0v) is 21.1. The Kier molecular flexibility index (Phi) is 6.60. The van der Waals surface area contributed by atoms with Gasteiger partial charge in [0.2, 0.25) is 5.95 Å². The Balaban J connectivity index is 1.10. The number of nitrogens with zero attached hydrogens (tertiary/aromatic N) is 4. The number of hydrogen-bond donors (Lipinski definition) is 2. The summed E-state index contributed by atoms with van der Waals surface area (Å²) in [5.74, 6) is 7.24. The zero-order chi connectivity index (χ0) is 26.6. The van der Waals surface area contributed by atoms with E-state index in [9.17, 15) is 4.79 Å². The lowest BCUT2D eigenvalue weighted by atomic mass is 10.1. The van der Waals surface area contributed by atoms with Gasteiger partial charge >= 0.3 is 6.03 Å². The van der Waals surface area contributed by atoms with Crippen molar-refractivity contribution >= 4 is 34.5 Å². The van der Waals surface area contributed by atoms with Crippen molar-refractivity contribution in [3.63, 3.8) is 0 Å². The number of oxazole rings is 1. The van der Waals surface area contributed by atoms with Crippen LogP contribution in [0, 0.1) is 18.8 Å². The number of aromatic nitrogens is 3. The Morgan fingerprint density at radius 3 is 2.62 bits per heavy atom. The molecule has 5 aromatic rings. The summed E-state index contributed by atoms with van der Waals surface area (Å²) in [6.45, 7) is 2.30. The molecule has 0 bridgehead atoms. The average molecular weight is 517 g/mol. The van der Waals surface area contributed by atoms with Gasteiger partial charge in [0, 0.05) is 42.7 Å². The van der Waals surface area contributed by atoms with E-state index in [1.165, 1.54) is 5.06 Å². The number of hydrogen-bond acceptors (Lipinski definition) is 7. The van der Waals surface area contributed by atoms with Crippen molar-refractivity contribution in [2.45, 2.75) is 19.4 Å². The standard InChI is InChI=1S/C30H24N6O3/c1-20-33-26-17-25(12-13-28(26)39-20)34-29-31-18-22(19-32-29)11-10-21-6-5-9-24(16-21)35-30(37)36-27(14-15-38-36)23-7-3-2-4-8-23/h2-9,12-13,16-19,27H,14-15H2,1H3,(H,35,37)(H,31,32,34)/t27-/m0/s1. The molecule has 0 unspecified atom stereocenters. The third kappa shape index (κ3) is 5.56. The number of fused-ring (bicyclic) bond motifs is 1. The van der Waals surface area contributed by atoms with E-state index in [0.29, 0.717) is 29.7 Å². The monoisotopic (exact) mass is 516 g/mol. The zero-order valence-electron chi connectivity index (χ0n) is 21.1. The molecule has 3 aromatic carbocycles. The number of carbonyl (C=O) groups is 1. The Morgan fingerprint density at radius 1 is 0.949 bits per heavy atom. The van der Waals surface area contributed by atoms with Gasteiger partial charge in [-0.05, 0) is 42.0 Å². The minimum atomic E-state index is -0.319. The van der Waals surface area contributed by atoms with Crippen LogP contribution >= 0.6 is 0 Å². The van der Waals surface area contributed by atoms with Gasteiger partial charge in [0.05, 0.1) is 18.2 Å². The summed E-state index contributed by atoms with van der Waals surface area (Å²) in [7, 11) is 0. The predicted molar refractivity (Wildman–Crippen MR) is 147 cm³/mol. The van der Waals surface area contributed by atoms with Gasteiger partial charge in [-0.15, -0.1) is 0 Å². The number of anilines is 3. The third-order valence-corrected chi connectivity index (χ3v) is 6.16. The molecule has 1 aliphatic rings. The topological polar surface area (TPSA) is 105 Å². The Labute approximate surface area is 224 Å². The molecular weight excluding hydrogens is 492 g/mol. The Hall–Kier alpha value is -5.20. The maximum Gasteiger partial charge on any atom is 0.346 e. The number of carbonyl (C=O) groups excluding carboxylic acids is 1. The summed E-state index contributed by atoms with van der Waals surface area (Å²) < 4.78 is 5.51. The Bertz CT molecular complexity index is 1690. The molecule has 1 aliphatic heterocycles. The first kappa shape index (κ1) is 24.2. The normalized spacial score (nSPS) is 14.6. The lowest BCUT2D eigenvalue weighted by Crippen LogP contribution is -2.33. The van der Waals surface area contributed by atoms with Crippen LogP contribution in [-0.2, 0) is 4.84 Å². The van der Waals surface area contributed by atoms with E-state index in [4.69, 9.17) is 9.25 Å². The highest BCUT2D eigenvalue weighted by Gasteiger charge is 2.31. The van der Waals surface area contributed by atoms with Crippen LogP contribution in [-0.4, -0.2) is 32.7 Å². The Morgan fingerprint density at radius 2 is 1.77 bits per heavy atom. The summed E-state index contributed by atoms with van der Waals surface area (Å²) >= 11 is 0. The summed E-state index contributed by atoms with van der Waals surface area (Å²) in [6, 6.07) is 22.4. The van der Waals surface area contributed by atoms with Crippen molar-refractivity contribution in [2.75, 3.05) is 17.2 Å². The van der Waals surface area contributed by atoms with E-state index in [0.717, 1.165) is 34.3 Å². The van der Waals surface area contributed by atoms with Crippen molar-refractivity contribution in [3.05, 3.63) is 108 Å². The van der Waals surface area contributed by atoms with Gasteiger partial charge in [0.25, 0.3) is 0 Å². The van der Waals surface area contributed by atoms with Crippen molar-refractivity contribution in [1.29, 1.82) is 0 Å². The average Bonchev–Trinajstić information content (AvgIpc) is 3.59. The van der Waals surface area contributed by atoms with E-state index in [1.807, 2.05) is 79.7 Å². The number of hydroxylamine groups is 2. The molecule has 0 spiro atoms. The summed E-state index contributed by atoms with van der Waals surface area (Å²) in [4.78, 5) is 31.6. The van der Waals surface area contributed by atoms with Gasteiger partial charge < -0.3 is 15.1 Å². The molecule has 39 heavy (non-hydrogen) atoms. The number of amides is 2. The molecule has 2 aromatic heterocycles. The molecule has 2 N–H and O–H groups in total. The van der Waals surface area contributed by atoms with Crippen LogP contribution in [0.1, 0.15) is 35.0 Å². The molecular formula is C30H24N6O3. The molecule has 6 rings (SSSR count). The van der Waals surface area contributed by atoms with Crippen molar-refractivity contribution < 1.29 is 14.0 Å². The maximum absolute atomic E-state index is 12.9. The first-order chi connectivity index (χ1) is 19.1. The lowest BCUT2D eigenvalue weighted by Gasteiger charge is -2.23. The van der Waals surface area contributed by atoms with Crippen LogP contribution in [0.5, 0.6) is 0 Å². The van der Waals surface area contributed by atoms with E-state index in [1.54, 1.807) is 12.4 Å². The number of aryl methyl sites for hydroxylation is 1. The smallest absolute Gasteiger partial charge is 0.346 e. The van der Waals surface area contributed by atoms with Crippen molar-refractivity contribution in [2.24, 2.45) is 0 Å². The summed E-state index contributed by atoms with van der Waals surface area (Å²) in [5, 5.41) is 7.49. The molecule has 0 radical (unpaired) electrons. The van der Waals surface area contributed by atoms with E-state index < -0.39 is 0 Å². The second kappa shape index (κ2) is 10.7. The summed E-state index contributed by atoms with van der Waals surface area (Å²) in [5.41, 5.74) is 5.38. The highest BCUT2D eigenvalue weighted by atomic mass is 16.7. The van der Waals surface area contributed by atoms with Crippen LogP contribution in [0.4, 0.5) is 22.1 Å². The molecule has 9 heteroatoms. The van der Waals surface area contributed by atoms with Gasteiger partial charge in [-0.25, -0.2) is 19.7 Å². The lowest BCUT2D eigenvalue weighted by molar-refractivity contribution is -0.0829. The molecule has 1 atom stereocenters. The highest BCUT2D eigenvalue weighted by molar-refractivity contribution is 5.89. The molecule has 2 amide bonds. The third-order valence-electron chi connectivity index (χ3n) is 6.16. The SMILES string of the molecule is Cc1nc2cc(Nc3ncc(C#Cc4cccc(NC(=O)N5OCC[C@H]5c5ccccc5)c4)cn3)ccc2o1. The second-order valence-electron chi connectivity index (χ2n) is 8.97. The second-order valence-corrected chi connectivity index (χ2v) is 8.97. The fourth-order valence-corrected chi connectivity index (χ4v) is 4.35. The maximum atomic E-state index is 12.9. The van der Waals surface area contributed by atoms with Crippen LogP contribution in [0.2, 0.25) is 0 Å². The molecule has 3 heterocycles. The first-order valence-electron chi connectivity index (χ1n) is 12.5. The van der Waals surface area contributed by atoms with Crippen LogP contribution in [0.3, 0.4) is 0 Å². The fraction of sp³-hybridized carbons (Fsp3) is 0.133. The molecule has 192 valence electrons. The molecule has 9 nitrogen and oxygen atoms in total. The van der Waals surface area contributed by atoms with Crippen LogP contribution < -0.4 is 10.6 Å². The molecule has 0 aliphatic carbocycles. The van der Waals surface area contributed by atoms with E-state index >= 15 is 0 Å². The van der Waals surface area contributed by atoms with Crippen molar-refractivity contribution in [3.8, 4) is 11.8 Å². The van der Waals surface area contributed by atoms with Crippen LogP contribution in [0.15, 0.2) is 89.6 Å². The summed E-state index contributed by atoms with van der Waals surface area (Å²) in [6.07, 6.45) is 4.05. The molecule has 0 saturated carbocycles. The number of nitrogens with one attached hydrogen (secondary N) is 2. The van der Waals surface area contributed by atoms with E-state index in [-0.39, 0.29) is 12.1 Å². The highest BCUT2D eigenvalue weighted by Crippen LogP contribution is 2.30. The van der Waals surface area contributed by atoms with Gasteiger partial charge in [-0.2, -0.15) is 5.06 Å².